The number of aliphatic hydroxyl groups is 1. The number of nitrogens with one attached hydrogen (secondary N) is 1. The summed E-state index contributed by atoms with van der Waals surface area (Å²) in [6.07, 6.45) is -0.642. The van der Waals surface area contributed by atoms with Crippen molar-refractivity contribution in [2.24, 2.45) is 5.73 Å². The number of ether oxygens (including phenoxy) is 1. The van der Waals surface area contributed by atoms with E-state index in [4.69, 9.17) is 16.2 Å². The van der Waals surface area contributed by atoms with Gasteiger partial charge in [-0.15, -0.1) is 0 Å². The zero-order valence-electron chi connectivity index (χ0n) is 9.64. The summed E-state index contributed by atoms with van der Waals surface area (Å²) >= 11 is 0. The molecule has 0 radical (unpaired) electrons. The lowest BCUT2D eigenvalue weighted by Crippen LogP contribution is -2.24. The van der Waals surface area contributed by atoms with Gasteiger partial charge in [0.2, 0.25) is 5.91 Å². The minimum atomic E-state index is -0.642. The molecule has 1 amide bonds. The summed E-state index contributed by atoms with van der Waals surface area (Å²) in [6, 6.07) is 4.69. The summed E-state index contributed by atoms with van der Waals surface area (Å²) in [5.74, 6) is -0.523. The van der Waals surface area contributed by atoms with Crippen molar-refractivity contribution in [3.8, 4) is 0 Å². The number of benzene rings is 1. The normalized spacial score (nSPS) is 12.1. The van der Waals surface area contributed by atoms with Crippen LogP contribution in [0.3, 0.4) is 0 Å². The Bertz CT molecular complexity index is 396. The highest BCUT2D eigenvalue weighted by molar-refractivity contribution is 5.94. The topological polar surface area (TPSA) is 111 Å². The van der Waals surface area contributed by atoms with Crippen LogP contribution in [0.4, 0.5) is 11.4 Å². The van der Waals surface area contributed by atoms with Gasteiger partial charge >= 0.3 is 0 Å². The van der Waals surface area contributed by atoms with Gasteiger partial charge in [-0.05, 0) is 18.2 Å². The summed E-state index contributed by atoms with van der Waals surface area (Å²) in [5.41, 5.74) is 12.3. The van der Waals surface area contributed by atoms with E-state index >= 15 is 0 Å². The second kappa shape index (κ2) is 6.07. The summed E-state index contributed by atoms with van der Waals surface area (Å²) in [7, 11) is 1.51. The van der Waals surface area contributed by atoms with Gasteiger partial charge in [0.05, 0.1) is 24.1 Å². The van der Waals surface area contributed by atoms with Crippen LogP contribution < -0.4 is 16.8 Å². The van der Waals surface area contributed by atoms with Crippen molar-refractivity contribution in [3.63, 3.8) is 0 Å². The highest BCUT2D eigenvalue weighted by atomic mass is 16.5. The van der Waals surface area contributed by atoms with Crippen molar-refractivity contribution in [1.29, 1.82) is 0 Å². The molecule has 0 fully saturated rings. The van der Waals surface area contributed by atoms with Crippen molar-refractivity contribution in [2.45, 2.75) is 6.10 Å². The third-order valence-electron chi connectivity index (χ3n) is 2.23. The summed E-state index contributed by atoms with van der Waals surface area (Å²) in [6.45, 7) is 0.503. The van der Waals surface area contributed by atoms with Crippen LogP contribution in [0, 0.1) is 0 Å². The Labute approximate surface area is 99.6 Å². The molecular weight excluding hydrogens is 222 g/mol. The molecule has 6 nitrogen and oxygen atoms in total. The second-order valence-electron chi connectivity index (χ2n) is 3.66. The SMILES string of the molecule is COCC(O)CNc1cc(C(N)=O)ccc1N. The molecule has 0 aliphatic heterocycles. The molecule has 0 aliphatic carbocycles. The summed E-state index contributed by atoms with van der Waals surface area (Å²) < 4.78 is 4.79. The Morgan fingerprint density at radius 2 is 2.29 bits per heavy atom. The lowest BCUT2D eigenvalue weighted by Gasteiger charge is -2.14. The average Bonchev–Trinajstić information content (AvgIpc) is 2.28. The molecule has 6 N–H and O–H groups in total. The van der Waals surface area contributed by atoms with Crippen LogP contribution in [0.5, 0.6) is 0 Å². The number of rotatable bonds is 6. The van der Waals surface area contributed by atoms with E-state index in [-0.39, 0.29) is 13.2 Å². The number of carbonyl (C=O) groups is 1. The molecule has 6 heteroatoms. The highest BCUT2D eigenvalue weighted by Crippen LogP contribution is 2.19. The summed E-state index contributed by atoms with van der Waals surface area (Å²) in [4.78, 5) is 11.0. The van der Waals surface area contributed by atoms with E-state index < -0.39 is 12.0 Å². The van der Waals surface area contributed by atoms with Crippen LogP contribution in [0.1, 0.15) is 10.4 Å². The Morgan fingerprint density at radius 3 is 2.88 bits per heavy atom. The van der Waals surface area contributed by atoms with Gasteiger partial charge in [-0.1, -0.05) is 0 Å². The van der Waals surface area contributed by atoms with Crippen LogP contribution in [-0.2, 0) is 4.74 Å². The Hall–Kier alpha value is -1.79. The number of carbonyl (C=O) groups excluding carboxylic acids is 1. The number of nitrogen functional groups attached to an aromatic ring is 1. The fraction of sp³-hybridized carbons (Fsp3) is 0.364. The lowest BCUT2D eigenvalue weighted by atomic mass is 10.1. The maximum absolute atomic E-state index is 11.0. The van der Waals surface area contributed by atoms with Gasteiger partial charge in [0.25, 0.3) is 0 Å². The maximum Gasteiger partial charge on any atom is 0.248 e. The van der Waals surface area contributed by atoms with Gasteiger partial charge in [-0.3, -0.25) is 4.79 Å². The molecule has 0 saturated heterocycles. The first-order chi connectivity index (χ1) is 8.04. The largest absolute Gasteiger partial charge is 0.397 e. The fourth-order valence-electron chi connectivity index (χ4n) is 1.34. The quantitative estimate of drug-likeness (QED) is 0.513. The van der Waals surface area contributed by atoms with Crippen LogP contribution in [0.25, 0.3) is 0 Å². The highest BCUT2D eigenvalue weighted by Gasteiger charge is 2.07. The molecule has 1 unspecified atom stereocenters. The number of aliphatic hydroxyl groups excluding tert-OH is 1. The number of hydrogen-bond acceptors (Lipinski definition) is 5. The minimum absolute atomic E-state index is 0.225. The number of anilines is 2. The molecule has 1 atom stereocenters. The van der Waals surface area contributed by atoms with Crippen molar-refractivity contribution < 1.29 is 14.6 Å². The van der Waals surface area contributed by atoms with E-state index in [9.17, 15) is 9.90 Å². The molecule has 0 saturated carbocycles. The van der Waals surface area contributed by atoms with E-state index in [1.165, 1.54) is 7.11 Å². The number of methoxy groups -OCH3 is 1. The molecule has 0 aliphatic rings. The van der Waals surface area contributed by atoms with Crippen LogP contribution in [0.2, 0.25) is 0 Å². The van der Waals surface area contributed by atoms with Gasteiger partial charge in [0, 0.05) is 19.2 Å². The Balaban J connectivity index is 2.69. The monoisotopic (exact) mass is 239 g/mol. The van der Waals surface area contributed by atoms with Gasteiger partial charge < -0.3 is 26.6 Å². The van der Waals surface area contributed by atoms with E-state index in [1.807, 2.05) is 0 Å². The fourth-order valence-corrected chi connectivity index (χ4v) is 1.34. The molecular formula is C11H17N3O3. The second-order valence-corrected chi connectivity index (χ2v) is 3.66. The molecule has 1 aromatic rings. The van der Waals surface area contributed by atoms with E-state index in [0.29, 0.717) is 16.9 Å². The molecule has 1 aromatic carbocycles. The third kappa shape index (κ3) is 3.93. The van der Waals surface area contributed by atoms with Gasteiger partial charge in [-0.2, -0.15) is 0 Å². The standard InChI is InChI=1S/C11H17N3O3/c1-17-6-8(15)5-14-10-4-7(11(13)16)2-3-9(10)12/h2-4,8,14-15H,5-6,12H2,1H3,(H2,13,16). The van der Waals surface area contributed by atoms with Gasteiger partial charge in [-0.25, -0.2) is 0 Å². The average molecular weight is 239 g/mol. The maximum atomic E-state index is 11.0. The predicted molar refractivity (Wildman–Crippen MR) is 65.7 cm³/mol. The number of amides is 1. The number of hydrogen-bond donors (Lipinski definition) is 4. The molecule has 0 heterocycles. The van der Waals surface area contributed by atoms with Gasteiger partial charge in [0.1, 0.15) is 0 Å². The number of nitrogens with two attached hydrogens (primary N) is 2. The first-order valence-corrected chi connectivity index (χ1v) is 5.14. The Morgan fingerprint density at radius 1 is 1.59 bits per heavy atom. The molecule has 1 rings (SSSR count). The first-order valence-electron chi connectivity index (χ1n) is 5.14. The number of primary amides is 1. The van der Waals surface area contributed by atoms with E-state index in [2.05, 4.69) is 5.32 Å². The van der Waals surface area contributed by atoms with Crippen molar-refractivity contribution >= 4 is 17.3 Å². The predicted octanol–water partition coefficient (Wildman–Crippen LogP) is -0.213. The van der Waals surface area contributed by atoms with Crippen LogP contribution >= 0.6 is 0 Å². The molecule has 94 valence electrons. The zero-order chi connectivity index (χ0) is 12.8. The minimum Gasteiger partial charge on any atom is -0.397 e. The van der Waals surface area contributed by atoms with E-state index in [1.54, 1.807) is 18.2 Å². The molecule has 0 bridgehead atoms. The molecule has 0 aromatic heterocycles. The van der Waals surface area contributed by atoms with Crippen molar-refractivity contribution in [1.82, 2.24) is 0 Å². The van der Waals surface area contributed by atoms with Crippen LogP contribution in [-0.4, -0.2) is 37.4 Å². The van der Waals surface area contributed by atoms with Gasteiger partial charge in [0.15, 0.2) is 0 Å². The third-order valence-corrected chi connectivity index (χ3v) is 2.23. The Kier molecular flexibility index (Phi) is 4.74. The molecule has 0 spiro atoms. The van der Waals surface area contributed by atoms with Crippen LogP contribution in [0.15, 0.2) is 18.2 Å². The van der Waals surface area contributed by atoms with E-state index in [0.717, 1.165) is 0 Å². The van der Waals surface area contributed by atoms with Crippen molar-refractivity contribution in [3.05, 3.63) is 23.8 Å². The first kappa shape index (κ1) is 13.3. The lowest BCUT2D eigenvalue weighted by molar-refractivity contribution is 0.0728. The molecule has 17 heavy (non-hydrogen) atoms. The zero-order valence-corrected chi connectivity index (χ0v) is 9.64. The smallest absolute Gasteiger partial charge is 0.248 e. The summed E-state index contributed by atoms with van der Waals surface area (Å²) in [5, 5.41) is 12.4. The van der Waals surface area contributed by atoms with Crippen molar-refractivity contribution in [2.75, 3.05) is 31.3 Å².